The lowest BCUT2D eigenvalue weighted by Gasteiger charge is -1.93. The summed E-state index contributed by atoms with van der Waals surface area (Å²) >= 11 is 1.69. The number of nitrogens with one attached hydrogen (secondary N) is 1. The lowest BCUT2D eigenvalue weighted by Crippen LogP contribution is -2.11. The minimum absolute atomic E-state index is 0. The van der Waals surface area contributed by atoms with Crippen molar-refractivity contribution in [2.24, 2.45) is 0 Å². The summed E-state index contributed by atoms with van der Waals surface area (Å²) in [5.74, 6) is 0. The molecular weight excluding hydrogens is 203 g/mol. The summed E-state index contributed by atoms with van der Waals surface area (Å²) in [6.07, 6.45) is 1.83. The van der Waals surface area contributed by atoms with Crippen LogP contribution in [0.5, 0.6) is 0 Å². The molecule has 1 rings (SSSR count). The first-order valence-corrected chi connectivity index (χ1v) is 3.90. The average Bonchev–Trinajstić information content (AvgIpc) is 2.34. The van der Waals surface area contributed by atoms with E-state index in [0.717, 1.165) is 18.1 Å². The second kappa shape index (κ2) is 8.27. The fourth-order valence-corrected chi connectivity index (χ4v) is 1.16. The van der Waals surface area contributed by atoms with Gasteiger partial charge >= 0.3 is 0 Å². The highest BCUT2D eigenvalue weighted by atomic mass is 35.5. The molecule has 11 heavy (non-hydrogen) atoms. The molecule has 0 spiro atoms. The van der Waals surface area contributed by atoms with E-state index in [0.29, 0.717) is 0 Å². The molecule has 0 fully saturated rings. The molecule has 0 aliphatic carbocycles. The van der Waals surface area contributed by atoms with E-state index in [1.165, 1.54) is 0 Å². The predicted octanol–water partition coefficient (Wildman–Crippen LogP) is 2.10. The number of aromatic nitrogens is 1. The van der Waals surface area contributed by atoms with Gasteiger partial charge in [0.25, 0.3) is 0 Å². The molecule has 0 bridgehead atoms. The largest absolute Gasteiger partial charge is 0.311 e. The van der Waals surface area contributed by atoms with E-state index in [1.54, 1.807) is 11.3 Å². The molecule has 1 aromatic rings. The van der Waals surface area contributed by atoms with E-state index in [-0.39, 0.29) is 24.8 Å². The van der Waals surface area contributed by atoms with Crippen molar-refractivity contribution in [2.75, 3.05) is 6.54 Å². The molecule has 0 aliphatic rings. The number of halogens is 2. The highest BCUT2D eigenvalue weighted by Gasteiger charge is 1.89. The fourth-order valence-electron chi connectivity index (χ4n) is 0.572. The molecule has 2 nitrogen and oxygen atoms in total. The SMILES string of the molecule is CCNCc1nccs1.Cl.Cl. The number of hydrogen-bond acceptors (Lipinski definition) is 3. The Bertz CT molecular complexity index is 156. The Hall–Kier alpha value is 0.170. The van der Waals surface area contributed by atoms with E-state index in [2.05, 4.69) is 17.2 Å². The lowest BCUT2D eigenvalue weighted by molar-refractivity contribution is 0.722. The van der Waals surface area contributed by atoms with Crippen molar-refractivity contribution in [3.8, 4) is 0 Å². The summed E-state index contributed by atoms with van der Waals surface area (Å²) in [7, 11) is 0. The summed E-state index contributed by atoms with van der Waals surface area (Å²) in [5, 5.41) is 6.36. The van der Waals surface area contributed by atoms with Gasteiger partial charge in [0.15, 0.2) is 0 Å². The molecule has 0 saturated carbocycles. The molecule has 1 N–H and O–H groups in total. The second-order valence-electron chi connectivity index (χ2n) is 1.71. The highest BCUT2D eigenvalue weighted by Crippen LogP contribution is 2.01. The third-order valence-corrected chi connectivity index (χ3v) is 1.79. The number of rotatable bonds is 3. The second-order valence-corrected chi connectivity index (χ2v) is 2.69. The Labute approximate surface area is 83.2 Å². The molecular formula is C6H12Cl2N2S. The standard InChI is InChI=1S/C6H10N2S.2ClH/c1-2-7-5-6-8-3-4-9-6;;/h3-4,7H,2,5H2,1H3;2*1H. The zero-order valence-electron chi connectivity index (χ0n) is 6.24. The fraction of sp³-hybridized carbons (Fsp3) is 0.500. The van der Waals surface area contributed by atoms with Gasteiger partial charge in [-0.05, 0) is 6.54 Å². The number of thiazole rings is 1. The Balaban J connectivity index is 0. The molecule has 0 amide bonds. The Morgan fingerprint density at radius 1 is 1.55 bits per heavy atom. The Morgan fingerprint density at radius 3 is 2.73 bits per heavy atom. The van der Waals surface area contributed by atoms with Crippen LogP contribution in [0, 0.1) is 0 Å². The number of hydrogen-bond donors (Lipinski definition) is 1. The molecule has 1 heterocycles. The predicted molar refractivity (Wildman–Crippen MR) is 54.0 cm³/mol. The summed E-state index contributed by atoms with van der Waals surface area (Å²) in [6.45, 7) is 4.02. The normalized spacial score (nSPS) is 8.09. The van der Waals surface area contributed by atoms with E-state index >= 15 is 0 Å². The van der Waals surface area contributed by atoms with Gasteiger partial charge in [0, 0.05) is 18.1 Å². The van der Waals surface area contributed by atoms with Crippen LogP contribution in [0.2, 0.25) is 0 Å². The van der Waals surface area contributed by atoms with Gasteiger partial charge in [-0.25, -0.2) is 4.98 Å². The van der Waals surface area contributed by atoms with Gasteiger partial charge in [-0.3, -0.25) is 0 Å². The van der Waals surface area contributed by atoms with Crippen LogP contribution in [-0.2, 0) is 6.54 Å². The third-order valence-electron chi connectivity index (χ3n) is 1.01. The number of nitrogens with zero attached hydrogens (tertiary/aromatic N) is 1. The topological polar surface area (TPSA) is 24.9 Å². The molecule has 5 heteroatoms. The van der Waals surface area contributed by atoms with Crippen LogP contribution in [0.15, 0.2) is 11.6 Å². The summed E-state index contributed by atoms with van der Waals surface area (Å²) < 4.78 is 0. The van der Waals surface area contributed by atoms with Crippen LogP contribution in [-0.4, -0.2) is 11.5 Å². The van der Waals surface area contributed by atoms with Crippen LogP contribution in [0.3, 0.4) is 0 Å². The van der Waals surface area contributed by atoms with Crippen molar-refractivity contribution in [1.82, 2.24) is 10.3 Å². The zero-order chi connectivity index (χ0) is 6.53. The minimum atomic E-state index is 0. The van der Waals surface area contributed by atoms with E-state index in [9.17, 15) is 0 Å². The van der Waals surface area contributed by atoms with Crippen molar-refractivity contribution in [2.45, 2.75) is 13.5 Å². The van der Waals surface area contributed by atoms with Crippen molar-refractivity contribution in [3.05, 3.63) is 16.6 Å². The van der Waals surface area contributed by atoms with Gasteiger partial charge in [0.05, 0.1) is 0 Å². The molecule has 1 aromatic heterocycles. The lowest BCUT2D eigenvalue weighted by atomic mass is 10.6. The monoisotopic (exact) mass is 214 g/mol. The van der Waals surface area contributed by atoms with Crippen LogP contribution in [0.1, 0.15) is 11.9 Å². The smallest absolute Gasteiger partial charge is 0.106 e. The van der Waals surface area contributed by atoms with Crippen molar-refractivity contribution >= 4 is 36.2 Å². The first kappa shape index (κ1) is 13.7. The summed E-state index contributed by atoms with van der Waals surface area (Å²) in [6, 6.07) is 0. The van der Waals surface area contributed by atoms with E-state index in [1.807, 2.05) is 11.6 Å². The molecule has 66 valence electrons. The van der Waals surface area contributed by atoms with Crippen LogP contribution < -0.4 is 5.32 Å². The Kier molecular flexibility index (Phi) is 10.3. The van der Waals surface area contributed by atoms with Crippen LogP contribution >= 0.6 is 36.2 Å². The molecule has 0 unspecified atom stereocenters. The molecule has 0 aliphatic heterocycles. The first-order valence-electron chi connectivity index (χ1n) is 3.02. The summed E-state index contributed by atoms with van der Waals surface area (Å²) in [4.78, 5) is 4.11. The minimum Gasteiger partial charge on any atom is -0.311 e. The van der Waals surface area contributed by atoms with E-state index < -0.39 is 0 Å². The van der Waals surface area contributed by atoms with Crippen molar-refractivity contribution in [1.29, 1.82) is 0 Å². The maximum atomic E-state index is 4.11. The van der Waals surface area contributed by atoms with Crippen LogP contribution in [0.4, 0.5) is 0 Å². The highest BCUT2D eigenvalue weighted by molar-refractivity contribution is 7.09. The van der Waals surface area contributed by atoms with Gasteiger partial charge in [-0.2, -0.15) is 0 Å². The van der Waals surface area contributed by atoms with Gasteiger partial charge < -0.3 is 5.32 Å². The maximum Gasteiger partial charge on any atom is 0.106 e. The quantitative estimate of drug-likeness (QED) is 0.835. The van der Waals surface area contributed by atoms with Crippen molar-refractivity contribution < 1.29 is 0 Å². The first-order chi connectivity index (χ1) is 4.43. The van der Waals surface area contributed by atoms with Crippen molar-refractivity contribution in [3.63, 3.8) is 0 Å². The van der Waals surface area contributed by atoms with Crippen LogP contribution in [0.25, 0.3) is 0 Å². The Morgan fingerprint density at radius 2 is 2.27 bits per heavy atom. The van der Waals surface area contributed by atoms with Gasteiger partial charge in [0.1, 0.15) is 5.01 Å². The van der Waals surface area contributed by atoms with Gasteiger partial charge in [-0.1, -0.05) is 6.92 Å². The third kappa shape index (κ3) is 5.44. The molecule has 0 saturated heterocycles. The van der Waals surface area contributed by atoms with E-state index in [4.69, 9.17) is 0 Å². The maximum absolute atomic E-state index is 4.11. The molecule has 0 radical (unpaired) electrons. The summed E-state index contributed by atoms with van der Waals surface area (Å²) in [5.41, 5.74) is 0. The van der Waals surface area contributed by atoms with Gasteiger partial charge in [0.2, 0.25) is 0 Å². The molecule has 0 atom stereocenters. The zero-order valence-corrected chi connectivity index (χ0v) is 8.69. The van der Waals surface area contributed by atoms with Gasteiger partial charge in [-0.15, -0.1) is 36.2 Å². The molecule has 0 aromatic carbocycles. The average molecular weight is 215 g/mol.